The Balaban J connectivity index is 1.64. The molecule has 6 heteroatoms. The molecule has 0 aliphatic rings. The van der Waals surface area contributed by atoms with Crippen molar-refractivity contribution in [1.29, 1.82) is 0 Å². The van der Waals surface area contributed by atoms with E-state index in [0.29, 0.717) is 15.6 Å². The molecule has 4 nitrogen and oxygen atoms in total. The van der Waals surface area contributed by atoms with Gasteiger partial charge in [-0.1, -0.05) is 71.0 Å². The first-order chi connectivity index (χ1) is 14.5. The third kappa shape index (κ3) is 4.78. The van der Waals surface area contributed by atoms with Gasteiger partial charge in [-0.3, -0.25) is 10.1 Å². The molecular weight excluding hydrogens is 460 g/mol. The van der Waals surface area contributed by atoms with Crippen molar-refractivity contribution in [1.82, 2.24) is 4.98 Å². The Morgan fingerprint density at radius 1 is 0.967 bits per heavy atom. The molecule has 30 heavy (non-hydrogen) atoms. The van der Waals surface area contributed by atoms with Crippen LogP contribution in [0.3, 0.4) is 0 Å². The zero-order valence-corrected chi connectivity index (χ0v) is 18.9. The summed E-state index contributed by atoms with van der Waals surface area (Å²) in [6.07, 6.45) is 3.05. The maximum absolute atomic E-state index is 12.4. The Kier molecular flexibility index (Phi) is 5.97. The molecule has 4 rings (SSSR count). The van der Waals surface area contributed by atoms with Gasteiger partial charge in [-0.15, -0.1) is 0 Å². The van der Waals surface area contributed by atoms with E-state index < -0.39 is 0 Å². The summed E-state index contributed by atoms with van der Waals surface area (Å²) < 4.78 is 6.00. The highest BCUT2D eigenvalue weighted by Crippen LogP contribution is 2.39. The predicted molar refractivity (Wildman–Crippen MR) is 127 cm³/mol. The first-order valence-corrected chi connectivity index (χ1v) is 11.0. The standard InChI is InChI=1S/C24H19BrN2O2S/c1-15-3-7-17(8-4-15)22-23(18-9-5-16(2)6-10-18)30-24(27-22)26-21(28)14-12-19-11-13-20(25)29-19/h3-14H,1-2H3,(H,26,27,28)/b14-12+. The Morgan fingerprint density at radius 3 is 2.20 bits per heavy atom. The smallest absolute Gasteiger partial charge is 0.250 e. The van der Waals surface area contributed by atoms with Crippen LogP contribution in [0.15, 0.2) is 75.8 Å². The number of anilines is 1. The van der Waals surface area contributed by atoms with Gasteiger partial charge in [0, 0.05) is 11.6 Å². The average Bonchev–Trinajstić information content (AvgIpc) is 3.34. The van der Waals surface area contributed by atoms with E-state index in [9.17, 15) is 4.79 Å². The van der Waals surface area contributed by atoms with Gasteiger partial charge in [0.2, 0.25) is 5.91 Å². The van der Waals surface area contributed by atoms with Crippen LogP contribution in [0.4, 0.5) is 5.13 Å². The van der Waals surface area contributed by atoms with Gasteiger partial charge in [0.1, 0.15) is 5.76 Å². The molecule has 0 bridgehead atoms. The minimum atomic E-state index is -0.262. The normalized spacial score (nSPS) is 11.2. The molecule has 0 saturated heterocycles. The summed E-state index contributed by atoms with van der Waals surface area (Å²) in [4.78, 5) is 18.1. The largest absolute Gasteiger partial charge is 0.450 e. The van der Waals surface area contributed by atoms with Crippen molar-refractivity contribution >= 4 is 44.4 Å². The summed E-state index contributed by atoms with van der Waals surface area (Å²) in [7, 11) is 0. The molecule has 0 fully saturated rings. The van der Waals surface area contributed by atoms with Gasteiger partial charge in [-0.25, -0.2) is 4.98 Å². The summed E-state index contributed by atoms with van der Waals surface area (Å²) >= 11 is 4.71. The van der Waals surface area contributed by atoms with Crippen molar-refractivity contribution in [2.75, 3.05) is 5.32 Å². The molecule has 0 radical (unpaired) electrons. The van der Waals surface area contributed by atoms with Gasteiger partial charge in [0.15, 0.2) is 9.80 Å². The number of benzene rings is 2. The van der Waals surface area contributed by atoms with Crippen LogP contribution < -0.4 is 5.32 Å². The number of aryl methyl sites for hydroxylation is 2. The SMILES string of the molecule is Cc1ccc(-c2nc(NC(=O)/C=C/c3ccc(Br)o3)sc2-c2ccc(C)cc2)cc1. The monoisotopic (exact) mass is 478 g/mol. The highest BCUT2D eigenvalue weighted by Gasteiger charge is 2.16. The Bertz CT molecular complexity index is 1140. The quantitative estimate of drug-likeness (QED) is 0.311. The molecular formula is C24H19BrN2O2S. The lowest BCUT2D eigenvalue weighted by Gasteiger charge is -2.04. The van der Waals surface area contributed by atoms with Gasteiger partial charge in [-0.05, 0) is 53.5 Å². The lowest BCUT2D eigenvalue weighted by atomic mass is 10.0. The molecule has 2 aromatic carbocycles. The van der Waals surface area contributed by atoms with Crippen molar-refractivity contribution in [2.45, 2.75) is 13.8 Å². The van der Waals surface area contributed by atoms with Crippen molar-refractivity contribution in [3.8, 4) is 21.7 Å². The number of hydrogen-bond acceptors (Lipinski definition) is 4. The van der Waals surface area contributed by atoms with Gasteiger partial charge >= 0.3 is 0 Å². The van der Waals surface area contributed by atoms with Crippen LogP contribution in [0.5, 0.6) is 0 Å². The Hall–Kier alpha value is -2.96. The second-order valence-corrected chi connectivity index (χ2v) is 8.67. The lowest BCUT2D eigenvalue weighted by Crippen LogP contribution is -2.07. The van der Waals surface area contributed by atoms with Crippen LogP contribution in [0, 0.1) is 13.8 Å². The maximum atomic E-state index is 12.4. The van der Waals surface area contributed by atoms with Crippen LogP contribution in [-0.2, 0) is 4.79 Å². The fourth-order valence-electron chi connectivity index (χ4n) is 2.90. The van der Waals surface area contributed by atoms with E-state index in [0.717, 1.165) is 21.7 Å². The summed E-state index contributed by atoms with van der Waals surface area (Å²) in [5.74, 6) is 0.332. The highest BCUT2D eigenvalue weighted by molar-refractivity contribution is 9.10. The molecule has 1 N–H and O–H groups in total. The van der Waals surface area contributed by atoms with E-state index in [2.05, 4.69) is 83.6 Å². The minimum Gasteiger partial charge on any atom is -0.450 e. The van der Waals surface area contributed by atoms with Crippen LogP contribution in [0.1, 0.15) is 16.9 Å². The molecule has 0 atom stereocenters. The number of rotatable bonds is 5. The molecule has 0 saturated carbocycles. The van der Waals surface area contributed by atoms with Crippen LogP contribution >= 0.6 is 27.3 Å². The molecule has 2 heterocycles. The first-order valence-electron chi connectivity index (χ1n) is 9.37. The van der Waals surface area contributed by atoms with E-state index in [1.807, 2.05) is 0 Å². The van der Waals surface area contributed by atoms with E-state index in [1.54, 1.807) is 18.2 Å². The van der Waals surface area contributed by atoms with E-state index in [-0.39, 0.29) is 5.91 Å². The predicted octanol–water partition coefficient (Wildman–Crippen LogP) is 7.10. The zero-order chi connectivity index (χ0) is 21.1. The summed E-state index contributed by atoms with van der Waals surface area (Å²) in [5.41, 5.74) is 5.34. The molecule has 2 aromatic heterocycles. The van der Waals surface area contributed by atoms with E-state index >= 15 is 0 Å². The topological polar surface area (TPSA) is 55.1 Å². The maximum Gasteiger partial charge on any atom is 0.250 e. The molecule has 1 amide bonds. The third-order valence-corrected chi connectivity index (χ3v) is 5.94. The van der Waals surface area contributed by atoms with Crippen LogP contribution in [0.25, 0.3) is 27.8 Å². The number of nitrogens with one attached hydrogen (secondary N) is 1. The summed E-state index contributed by atoms with van der Waals surface area (Å²) in [6.45, 7) is 4.12. The first kappa shape index (κ1) is 20.3. The molecule has 4 aromatic rings. The molecule has 0 spiro atoms. The highest BCUT2D eigenvalue weighted by atomic mass is 79.9. The number of nitrogens with zero attached hydrogens (tertiary/aromatic N) is 1. The van der Waals surface area contributed by atoms with Gasteiger partial charge in [-0.2, -0.15) is 0 Å². The van der Waals surface area contributed by atoms with E-state index in [1.165, 1.54) is 28.5 Å². The lowest BCUT2D eigenvalue weighted by molar-refractivity contribution is -0.111. The molecule has 0 aliphatic heterocycles. The molecule has 150 valence electrons. The minimum absolute atomic E-state index is 0.262. The Morgan fingerprint density at radius 2 is 1.60 bits per heavy atom. The second-order valence-electron chi connectivity index (χ2n) is 6.89. The summed E-state index contributed by atoms with van der Waals surface area (Å²) in [6, 6.07) is 20.1. The van der Waals surface area contributed by atoms with Crippen molar-refractivity contribution in [2.24, 2.45) is 0 Å². The number of hydrogen-bond donors (Lipinski definition) is 1. The van der Waals surface area contributed by atoms with Crippen LogP contribution in [0.2, 0.25) is 0 Å². The number of carbonyl (C=O) groups is 1. The van der Waals surface area contributed by atoms with Gasteiger partial charge in [0.05, 0.1) is 10.6 Å². The Labute approximate surface area is 187 Å². The number of amides is 1. The average molecular weight is 479 g/mol. The molecule has 0 unspecified atom stereocenters. The molecule has 0 aliphatic carbocycles. The second kappa shape index (κ2) is 8.81. The number of carbonyl (C=O) groups excluding carboxylic acids is 1. The third-order valence-electron chi connectivity index (χ3n) is 4.49. The van der Waals surface area contributed by atoms with Crippen molar-refractivity contribution in [3.63, 3.8) is 0 Å². The van der Waals surface area contributed by atoms with Gasteiger partial charge in [0.25, 0.3) is 0 Å². The van der Waals surface area contributed by atoms with Crippen molar-refractivity contribution in [3.05, 3.63) is 88.3 Å². The fourth-order valence-corrected chi connectivity index (χ4v) is 4.22. The number of thiazole rings is 1. The van der Waals surface area contributed by atoms with Crippen molar-refractivity contribution < 1.29 is 9.21 Å². The zero-order valence-electron chi connectivity index (χ0n) is 16.5. The van der Waals surface area contributed by atoms with E-state index in [4.69, 9.17) is 9.40 Å². The van der Waals surface area contributed by atoms with Gasteiger partial charge < -0.3 is 4.42 Å². The number of furan rings is 1. The van der Waals surface area contributed by atoms with Crippen LogP contribution in [-0.4, -0.2) is 10.9 Å². The number of halogens is 1. The fraction of sp³-hybridized carbons (Fsp3) is 0.0833. The number of aromatic nitrogens is 1. The summed E-state index contributed by atoms with van der Waals surface area (Å²) in [5, 5.41) is 3.42.